The molecule has 3 amide bonds. The summed E-state index contributed by atoms with van der Waals surface area (Å²) in [7, 11) is 0. The first-order valence-electron chi connectivity index (χ1n) is 7.50. The average Bonchev–Trinajstić information content (AvgIpc) is 3.22. The van der Waals surface area contributed by atoms with Gasteiger partial charge in [0.15, 0.2) is 0 Å². The van der Waals surface area contributed by atoms with Crippen molar-refractivity contribution in [3.63, 3.8) is 0 Å². The molecule has 0 aromatic heterocycles. The topological polar surface area (TPSA) is 70.2 Å². The second-order valence-electron chi connectivity index (χ2n) is 5.91. The first kappa shape index (κ1) is 15.4. The third kappa shape index (κ3) is 5.45. The molecule has 0 unspecified atom stereocenters. The molecule has 0 radical (unpaired) electrons. The van der Waals surface area contributed by atoms with E-state index in [0.29, 0.717) is 23.8 Å². The minimum absolute atomic E-state index is 0.0635. The van der Waals surface area contributed by atoms with Gasteiger partial charge < -0.3 is 16.0 Å². The SMILES string of the molecule is CC(C)CCNC(=O)Nc1cccc(NC(=O)C2CC2)c1. The quantitative estimate of drug-likeness (QED) is 0.752. The number of amides is 3. The number of carbonyl (C=O) groups excluding carboxylic acids is 2. The zero-order valence-electron chi connectivity index (χ0n) is 12.6. The Labute approximate surface area is 125 Å². The van der Waals surface area contributed by atoms with E-state index < -0.39 is 0 Å². The lowest BCUT2D eigenvalue weighted by Crippen LogP contribution is -2.30. The predicted octanol–water partition coefficient (Wildman–Crippen LogP) is 3.20. The Hall–Kier alpha value is -2.04. The van der Waals surface area contributed by atoms with Crippen molar-refractivity contribution in [1.82, 2.24) is 5.32 Å². The van der Waals surface area contributed by atoms with Gasteiger partial charge in [-0.15, -0.1) is 0 Å². The molecule has 0 bridgehead atoms. The summed E-state index contributed by atoms with van der Waals surface area (Å²) < 4.78 is 0. The van der Waals surface area contributed by atoms with Gasteiger partial charge in [-0.05, 0) is 43.4 Å². The fraction of sp³-hybridized carbons (Fsp3) is 0.500. The fourth-order valence-corrected chi connectivity index (χ4v) is 1.91. The highest BCUT2D eigenvalue weighted by Crippen LogP contribution is 2.30. The Balaban J connectivity index is 1.82. The summed E-state index contributed by atoms with van der Waals surface area (Å²) in [6.45, 7) is 4.89. The molecule has 0 aliphatic heterocycles. The van der Waals surface area contributed by atoms with E-state index in [1.165, 1.54) is 0 Å². The molecule has 0 saturated heterocycles. The van der Waals surface area contributed by atoms with Gasteiger partial charge in [0, 0.05) is 23.8 Å². The summed E-state index contributed by atoms with van der Waals surface area (Å²) >= 11 is 0. The number of urea groups is 1. The first-order chi connectivity index (χ1) is 10.0. The number of hydrogen-bond donors (Lipinski definition) is 3. The van der Waals surface area contributed by atoms with Crippen LogP contribution in [0.1, 0.15) is 33.1 Å². The monoisotopic (exact) mass is 289 g/mol. The second-order valence-corrected chi connectivity index (χ2v) is 5.91. The summed E-state index contributed by atoms with van der Waals surface area (Å²) in [6.07, 6.45) is 2.90. The normalized spacial score (nSPS) is 13.9. The lowest BCUT2D eigenvalue weighted by molar-refractivity contribution is -0.117. The Morgan fingerprint density at radius 1 is 1.19 bits per heavy atom. The molecule has 1 aliphatic rings. The van der Waals surface area contributed by atoms with Crippen LogP contribution in [-0.4, -0.2) is 18.5 Å². The number of anilines is 2. The molecular weight excluding hydrogens is 266 g/mol. The molecule has 1 aromatic rings. The van der Waals surface area contributed by atoms with Crippen molar-refractivity contribution in [2.24, 2.45) is 11.8 Å². The number of rotatable bonds is 6. The van der Waals surface area contributed by atoms with Gasteiger partial charge in [0.25, 0.3) is 0 Å². The highest BCUT2D eigenvalue weighted by atomic mass is 16.2. The lowest BCUT2D eigenvalue weighted by atomic mass is 10.1. The van der Waals surface area contributed by atoms with E-state index in [4.69, 9.17) is 0 Å². The Morgan fingerprint density at radius 2 is 1.86 bits per heavy atom. The fourth-order valence-electron chi connectivity index (χ4n) is 1.91. The van der Waals surface area contributed by atoms with E-state index in [0.717, 1.165) is 19.3 Å². The van der Waals surface area contributed by atoms with Gasteiger partial charge in [-0.2, -0.15) is 0 Å². The Bertz CT molecular complexity index is 510. The zero-order chi connectivity index (χ0) is 15.2. The van der Waals surface area contributed by atoms with Crippen LogP contribution in [0.15, 0.2) is 24.3 Å². The molecule has 3 N–H and O–H groups in total. The van der Waals surface area contributed by atoms with Crippen molar-refractivity contribution in [2.75, 3.05) is 17.2 Å². The molecular formula is C16H23N3O2. The van der Waals surface area contributed by atoms with Crippen molar-refractivity contribution >= 4 is 23.3 Å². The van der Waals surface area contributed by atoms with Crippen LogP contribution in [0.3, 0.4) is 0 Å². The number of hydrogen-bond acceptors (Lipinski definition) is 2. The molecule has 0 atom stereocenters. The van der Waals surface area contributed by atoms with Crippen LogP contribution >= 0.6 is 0 Å². The van der Waals surface area contributed by atoms with Crippen LogP contribution in [-0.2, 0) is 4.79 Å². The molecule has 2 rings (SSSR count). The molecule has 1 fully saturated rings. The number of carbonyl (C=O) groups is 2. The number of benzene rings is 1. The largest absolute Gasteiger partial charge is 0.338 e. The molecule has 1 saturated carbocycles. The first-order valence-corrected chi connectivity index (χ1v) is 7.50. The molecule has 1 aromatic carbocycles. The third-order valence-electron chi connectivity index (χ3n) is 3.34. The van der Waals surface area contributed by atoms with Gasteiger partial charge in [0.1, 0.15) is 0 Å². The van der Waals surface area contributed by atoms with Gasteiger partial charge in [0.2, 0.25) is 5.91 Å². The smallest absolute Gasteiger partial charge is 0.319 e. The summed E-state index contributed by atoms with van der Waals surface area (Å²) in [4.78, 5) is 23.4. The van der Waals surface area contributed by atoms with Crippen LogP contribution in [0.2, 0.25) is 0 Å². The molecule has 0 spiro atoms. The minimum atomic E-state index is -0.221. The van der Waals surface area contributed by atoms with E-state index in [-0.39, 0.29) is 17.9 Å². The van der Waals surface area contributed by atoms with Gasteiger partial charge in [-0.1, -0.05) is 19.9 Å². The highest BCUT2D eigenvalue weighted by molar-refractivity contribution is 5.95. The van der Waals surface area contributed by atoms with Gasteiger partial charge in [-0.3, -0.25) is 4.79 Å². The number of nitrogens with one attached hydrogen (secondary N) is 3. The van der Waals surface area contributed by atoms with Gasteiger partial charge >= 0.3 is 6.03 Å². The maximum absolute atomic E-state index is 11.7. The van der Waals surface area contributed by atoms with Crippen molar-refractivity contribution in [3.8, 4) is 0 Å². The van der Waals surface area contributed by atoms with E-state index in [9.17, 15) is 9.59 Å². The molecule has 114 valence electrons. The zero-order valence-corrected chi connectivity index (χ0v) is 12.6. The molecule has 0 heterocycles. The van der Waals surface area contributed by atoms with Crippen LogP contribution in [0, 0.1) is 11.8 Å². The van der Waals surface area contributed by atoms with E-state index in [2.05, 4.69) is 29.8 Å². The van der Waals surface area contributed by atoms with E-state index in [1.807, 2.05) is 12.1 Å². The standard InChI is InChI=1S/C16H23N3O2/c1-11(2)8-9-17-16(21)19-14-5-3-4-13(10-14)18-15(20)12-6-7-12/h3-5,10-12H,6-9H2,1-2H3,(H,18,20)(H2,17,19,21). The van der Waals surface area contributed by atoms with Crippen molar-refractivity contribution < 1.29 is 9.59 Å². The summed E-state index contributed by atoms with van der Waals surface area (Å²) in [6, 6.07) is 6.98. The minimum Gasteiger partial charge on any atom is -0.338 e. The summed E-state index contributed by atoms with van der Waals surface area (Å²) in [5, 5.41) is 8.45. The van der Waals surface area contributed by atoms with Crippen molar-refractivity contribution in [3.05, 3.63) is 24.3 Å². The summed E-state index contributed by atoms with van der Waals surface area (Å²) in [5.41, 5.74) is 1.39. The molecule has 21 heavy (non-hydrogen) atoms. The highest BCUT2D eigenvalue weighted by Gasteiger charge is 2.29. The second kappa shape index (κ2) is 7.11. The van der Waals surface area contributed by atoms with Crippen molar-refractivity contribution in [1.29, 1.82) is 0 Å². The molecule has 5 nitrogen and oxygen atoms in total. The summed E-state index contributed by atoms with van der Waals surface area (Å²) in [5.74, 6) is 0.792. The third-order valence-corrected chi connectivity index (χ3v) is 3.34. The van der Waals surface area contributed by atoms with E-state index in [1.54, 1.807) is 12.1 Å². The van der Waals surface area contributed by atoms with E-state index >= 15 is 0 Å². The lowest BCUT2D eigenvalue weighted by Gasteiger charge is -2.10. The van der Waals surface area contributed by atoms with Crippen molar-refractivity contribution in [2.45, 2.75) is 33.1 Å². The maximum atomic E-state index is 11.7. The van der Waals surface area contributed by atoms with Crippen LogP contribution in [0.4, 0.5) is 16.2 Å². The van der Waals surface area contributed by atoms with Crippen LogP contribution in [0.5, 0.6) is 0 Å². The van der Waals surface area contributed by atoms with Crippen LogP contribution < -0.4 is 16.0 Å². The van der Waals surface area contributed by atoms with Gasteiger partial charge in [0.05, 0.1) is 0 Å². The maximum Gasteiger partial charge on any atom is 0.319 e. The predicted molar refractivity (Wildman–Crippen MR) is 84.3 cm³/mol. The Morgan fingerprint density at radius 3 is 2.48 bits per heavy atom. The molecule has 5 heteroatoms. The Kier molecular flexibility index (Phi) is 5.20. The van der Waals surface area contributed by atoms with Crippen LogP contribution in [0.25, 0.3) is 0 Å². The molecule has 1 aliphatic carbocycles. The average molecular weight is 289 g/mol. The van der Waals surface area contributed by atoms with Gasteiger partial charge in [-0.25, -0.2) is 4.79 Å².